The van der Waals surface area contributed by atoms with Gasteiger partial charge in [-0.1, -0.05) is 11.6 Å². The second-order valence-corrected chi connectivity index (χ2v) is 2.93. The number of methoxy groups -OCH3 is 1. The van der Waals surface area contributed by atoms with Crippen LogP contribution in [0.15, 0.2) is 11.0 Å². The average Bonchev–Trinajstić information content (AvgIpc) is 2.20. The minimum absolute atomic E-state index is 0.410. The Labute approximate surface area is 87.8 Å². The smallest absolute Gasteiger partial charge is 0.343 e. The highest BCUT2D eigenvalue weighted by atomic mass is 35.5. The van der Waals surface area contributed by atoms with Crippen molar-refractivity contribution in [2.75, 3.05) is 7.11 Å². The number of hydrogen-bond acceptors (Lipinski definition) is 3. The van der Waals surface area contributed by atoms with Crippen molar-refractivity contribution < 1.29 is 18.3 Å². The molecular weight excluding hydrogens is 232 g/mol. The van der Waals surface area contributed by atoms with Gasteiger partial charge in [0.05, 0.1) is 7.11 Å². The van der Waals surface area contributed by atoms with Crippen LogP contribution in [-0.2, 0) is 4.74 Å². The molecule has 0 aromatic carbocycles. The maximum absolute atomic E-state index is 12.3. The number of nitrogens with one attached hydrogen (secondary N) is 1. The summed E-state index contributed by atoms with van der Waals surface area (Å²) in [4.78, 5) is 24.4. The first-order chi connectivity index (χ1) is 6.99. The molecule has 1 aromatic rings. The number of aromatic amines is 1. The van der Waals surface area contributed by atoms with E-state index in [9.17, 15) is 18.4 Å². The molecule has 1 rings (SSSR count). The third-order valence-corrected chi connectivity index (χ3v) is 2.05. The van der Waals surface area contributed by atoms with Gasteiger partial charge in [-0.15, -0.1) is 0 Å². The van der Waals surface area contributed by atoms with Crippen molar-refractivity contribution in [3.63, 3.8) is 0 Å². The molecule has 0 aliphatic rings. The summed E-state index contributed by atoms with van der Waals surface area (Å²) in [6.45, 7) is 0. The fraction of sp³-hybridized carbons (Fsp3) is 0.250. The third kappa shape index (κ3) is 2.15. The fourth-order valence-electron chi connectivity index (χ4n) is 0.940. The predicted octanol–water partition coefficient (Wildman–Crippen LogP) is 1.75. The van der Waals surface area contributed by atoms with Gasteiger partial charge in [0.25, 0.3) is 6.43 Å². The largest absolute Gasteiger partial charge is 0.465 e. The highest BCUT2D eigenvalue weighted by Gasteiger charge is 2.20. The minimum Gasteiger partial charge on any atom is -0.465 e. The minimum atomic E-state index is -2.91. The van der Waals surface area contributed by atoms with Gasteiger partial charge in [0, 0.05) is 6.20 Å². The molecule has 0 unspecified atom stereocenters. The number of halogens is 3. The van der Waals surface area contributed by atoms with Crippen LogP contribution in [0.2, 0.25) is 5.02 Å². The van der Waals surface area contributed by atoms with Crippen LogP contribution < -0.4 is 5.43 Å². The number of pyridine rings is 1. The summed E-state index contributed by atoms with van der Waals surface area (Å²) in [5.41, 5.74) is -2.10. The van der Waals surface area contributed by atoms with Crippen LogP contribution in [0.25, 0.3) is 0 Å². The first-order valence-electron chi connectivity index (χ1n) is 3.76. The zero-order valence-electron chi connectivity index (χ0n) is 7.51. The standard InChI is InChI=1S/C8H6ClF2NO3/c1-15-8(14)3-2-12-5(7(10)11)4(9)6(3)13/h2,7H,1H3,(H,12,13). The second kappa shape index (κ2) is 4.39. The van der Waals surface area contributed by atoms with Gasteiger partial charge in [-0.25, -0.2) is 13.6 Å². The Bertz CT molecular complexity index is 444. The Kier molecular flexibility index (Phi) is 3.41. The van der Waals surface area contributed by atoms with Crippen molar-refractivity contribution in [1.82, 2.24) is 4.98 Å². The van der Waals surface area contributed by atoms with Crippen LogP contribution in [0.5, 0.6) is 0 Å². The summed E-state index contributed by atoms with van der Waals surface area (Å²) >= 11 is 5.36. The van der Waals surface area contributed by atoms with Gasteiger partial charge in [0.15, 0.2) is 0 Å². The molecule has 0 fully saturated rings. The molecular formula is C8H6ClF2NO3. The summed E-state index contributed by atoms with van der Waals surface area (Å²) in [5.74, 6) is -0.932. The first kappa shape index (κ1) is 11.6. The van der Waals surface area contributed by atoms with Crippen molar-refractivity contribution in [2.24, 2.45) is 0 Å². The Morgan fingerprint density at radius 1 is 1.60 bits per heavy atom. The van der Waals surface area contributed by atoms with Crippen molar-refractivity contribution in [3.8, 4) is 0 Å². The molecule has 1 heterocycles. The van der Waals surface area contributed by atoms with E-state index in [0.29, 0.717) is 0 Å². The molecule has 0 saturated heterocycles. The van der Waals surface area contributed by atoms with Crippen LogP contribution in [0.1, 0.15) is 22.5 Å². The lowest BCUT2D eigenvalue weighted by molar-refractivity contribution is 0.0598. The Morgan fingerprint density at radius 3 is 2.67 bits per heavy atom. The van der Waals surface area contributed by atoms with Gasteiger partial charge in [0.1, 0.15) is 16.3 Å². The quantitative estimate of drug-likeness (QED) is 0.798. The molecule has 0 atom stereocenters. The summed E-state index contributed by atoms with van der Waals surface area (Å²) in [7, 11) is 1.07. The fourth-order valence-corrected chi connectivity index (χ4v) is 1.18. The first-order valence-corrected chi connectivity index (χ1v) is 4.14. The van der Waals surface area contributed by atoms with Crippen LogP contribution >= 0.6 is 11.6 Å². The highest BCUT2D eigenvalue weighted by molar-refractivity contribution is 6.31. The SMILES string of the molecule is COC(=O)c1c[nH]c(C(F)F)c(Cl)c1=O. The number of carbonyl (C=O) groups excluding carboxylic acids is 1. The summed E-state index contributed by atoms with van der Waals surface area (Å²) in [6, 6.07) is 0. The van der Waals surface area contributed by atoms with E-state index in [0.717, 1.165) is 13.3 Å². The predicted molar refractivity (Wildman–Crippen MR) is 48.4 cm³/mol. The van der Waals surface area contributed by atoms with Crippen molar-refractivity contribution in [3.05, 3.63) is 32.7 Å². The highest BCUT2D eigenvalue weighted by Crippen LogP contribution is 2.21. The molecule has 0 saturated carbocycles. The zero-order valence-corrected chi connectivity index (χ0v) is 8.27. The van der Waals surface area contributed by atoms with Crippen molar-refractivity contribution >= 4 is 17.6 Å². The van der Waals surface area contributed by atoms with Crippen molar-refractivity contribution in [1.29, 1.82) is 0 Å². The van der Waals surface area contributed by atoms with E-state index in [1.807, 2.05) is 0 Å². The second-order valence-electron chi connectivity index (χ2n) is 2.55. The molecule has 0 amide bonds. The molecule has 0 bridgehead atoms. The molecule has 0 aliphatic heterocycles. The molecule has 0 radical (unpaired) electrons. The van der Waals surface area contributed by atoms with Gasteiger partial charge in [-0.2, -0.15) is 0 Å². The number of carbonyl (C=O) groups is 1. The molecule has 15 heavy (non-hydrogen) atoms. The van der Waals surface area contributed by atoms with E-state index in [-0.39, 0.29) is 0 Å². The van der Waals surface area contributed by atoms with E-state index in [1.165, 1.54) is 0 Å². The van der Waals surface area contributed by atoms with Gasteiger partial charge in [-0.05, 0) is 0 Å². The van der Waals surface area contributed by atoms with Gasteiger partial charge >= 0.3 is 5.97 Å². The van der Waals surface area contributed by atoms with Crippen LogP contribution in [0.4, 0.5) is 8.78 Å². The summed E-state index contributed by atoms with van der Waals surface area (Å²) < 4.78 is 28.8. The van der Waals surface area contributed by atoms with Gasteiger partial charge in [-0.3, -0.25) is 4.79 Å². The number of H-pyrrole nitrogens is 1. The zero-order chi connectivity index (χ0) is 11.6. The van der Waals surface area contributed by atoms with E-state index in [1.54, 1.807) is 0 Å². The number of ether oxygens (including phenoxy) is 1. The number of alkyl halides is 2. The molecule has 82 valence electrons. The van der Waals surface area contributed by atoms with E-state index < -0.39 is 34.1 Å². The summed E-state index contributed by atoms with van der Waals surface area (Å²) in [5, 5.41) is -0.701. The number of hydrogen-bond donors (Lipinski definition) is 1. The molecule has 7 heteroatoms. The lowest BCUT2D eigenvalue weighted by Crippen LogP contribution is -2.19. The van der Waals surface area contributed by atoms with Gasteiger partial charge in [0.2, 0.25) is 5.43 Å². The maximum atomic E-state index is 12.3. The van der Waals surface area contributed by atoms with Crippen LogP contribution in [-0.4, -0.2) is 18.1 Å². The number of aromatic nitrogens is 1. The maximum Gasteiger partial charge on any atom is 0.343 e. The average molecular weight is 238 g/mol. The normalized spacial score (nSPS) is 10.5. The molecule has 1 N–H and O–H groups in total. The number of esters is 1. The van der Waals surface area contributed by atoms with Gasteiger partial charge < -0.3 is 9.72 Å². The molecule has 0 spiro atoms. The molecule has 4 nitrogen and oxygen atoms in total. The lowest BCUT2D eigenvalue weighted by atomic mass is 10.2. The molecule has 0 aliphatic carbocycles. The Morgan fingerprint density at radius 2 is 2.20 bits per heavy atom. The summed E-state index contributed by atoms with van der Waals surface area (Å²) in [6.07, 6.45) is -2.06. The lowest BCUT2D eigenvalue weighted by Gasteiger charge is -2.04. The van der Waals surface area contributed by atoms with Crippen LogP contribution in [0, 0.1) is 0 Å². The van der Waals surface area contributed by atoms with E-state index >= 15 is 0 Å². The molecule has 1 aromatic heterocycles. The van der Waals surface area contributed by atoms with Crippen molar-refractivity contribution in [2.45, 2.75) is 6.43 Å². The van der Waals surface area contributed by atoms with Crippen LogP contribution in [0.3, 0.4) is 0 Å². The topological polar surface area (TPSA) is 59.2 Å². The number of rotatable bonds is 2. The van der Waals surface area contributed by atoms with E-state index in [4.69, 9.17) is 11.6 Å². The Balaban J connectivity index is 3.34. The van der Waals surface area contributed by atoms with E-state index in [2.05, 4.69) is 9.72 Å². The monoisotopic (exact) mass is 237 g/mol. The third-order valence-electron chi connectivity index (χ3n) is 1.68. The Hall–Kier alpha value is -1.43.